The lowest BCUT2D eigenvalue weighted by Gasteiger charge is -2.38. The number of fused-ring (bicyclic) bond motifs is 1. The van der Waals surface area contributed by atoms with Gasteiger partial charge in [-0.05, 0) is 60.0 Å². The maximum absolute atomic E-state index is 13.5. The molecule has 0 bridgehead atoms. The Labute approximate surface area is 229 Å². The summed E-state index contributed by atoms with van der Waals surface area (Å²) in [6.45, 7) is 4.56. The average Bonchev–Trinajstić information content (AvgIpc) is 3.60. The summed E-state index contributed by atoms with van der Waals surface area (Å²) in [7, 11) is 0. The van der Waals surface area contributed by atoms with Crippen LogP contribution in [0.25, 0.3) is 0 Å². The molecule has 3 aromatic rings. The molecule has 0 N–H and O–H groups in total. The van der Waals surface area contributed by atoms with Crippen molar-refractivity contribution in [1.29, 1.82) is 0 Å². The average molecular weight is 556 g/mol. The molecule has 0 spiro atoms. The molecule has 2 fully saturated rings. The van der Waals surface area contributed by atoms with E-state index in [0.29, 0.717) is 42.3 Å². The molecule has 2 unspecified atom stereocenters. The van der Waals surface area contributed by atoms with Crippen molar-refractivity contribution < 1.29 is 31.8 Å². The van der Waals surface area contributed by atoms with Gasteiger partial charge in [-0.1, -0.05) is 18.2 Å². The third kappa shape index (κ3) is 5.45. The Morgan fingerprint density at radius 2 is 1.62 bits per heavy atom. The van der Waals surface area contributed by atoms with Crippen molar-refractivity contribution in [2.45, 2.75) is 12.1 Å². The zero-order chi connectivity index (χ0) is 27.9. The van der Waals surface area contributed by atoms with Gasteiger partial charge in [0.2, 0.25) is 6.79 Å². The van der Waals surface area contributed by atoms with Crippen LogP contribution in [0.3, 0.4) is 0 Å². The van der Waals surface area contributed by atoms with E-state index in [2.05, 4.69) is 9.80 Å². The van der Waals surface area contributed by atoms with Gasteiger partial charge < -0.3 is 19.3 Å². The summed E-state index contributed by atoms with van der Waals surface area (Å²) in [5.74, 6) is 0.352. The maximum Gasteiger partial charge on any atom is 0.416 e. The minimum atomic E-state index is -4.44. The first-order valence-corrected chi connectivity index (χ1v) is 13.3. The van der Waals surface area contributed by atoms with Crippen molar-refractivity contribution in [1.82, 2.24) is 9.80 Å². The highest BCUT2D eigenvalue weighted by Crippen LogP contribution is 2.39. The summed E-state index contributed by atoms with van der Waals surface area (Å²) in [5, 5.41) is 0. The van der Waals surface area contributed by atoms with Crippen LogP contribution in [0.1, 0.15) is 27.4 Å². The molecule has 3 heterocycles. The molecule has 10 heteroatoms. The van der Waals surface area contributed by atoms with Gasteiger partial charge in [0, 0.05) is 63.0 Å². The fourth-order valence-electron chi connectivity index (χ4n) is 5.93. The summed E-state index contributed by atoms with van der Waals surface area (Å²) >= 11 is 0. The molecule has 0 aromatic heterocycles. The molecule has 2 atom stereocenters. The predicted octanol–water partition coefficient (Wildman–Crippen LogP) is 5.25. The number of nitrogens with zero attached hydrogens (tertiary/aromatic N) is 3. The molecule has 2 saturated heterocycles. The quantitative estimate of drug-likeness (QED) is 0.403. The number of hydrogen-bond acceptors (Lipinski definition) is 5. The van der Waals surface area contributed by atoms with E-state index >= 15 is 0 Å². The van der Waals surface area contributed by atoms with Gasteiger partial charge in [0.05, 0.1) is 5.56 Å². The molecule has 210 valence electrons. The number of hydrogen-bond donors (Lipinski definition) is 0. The van der Waals surface area contributed by atoms with Crippen LogP contribution in [0.5, 0.6) is 11.5 Å². The van der Waals surface area contributed by atoms with Crippen molar-refractivity contribution in [3.05, 3.63) is 89.2 Å². The Kier molecular flexibility index (Phi) is 7.04. The van der Waals surface area contributed by atoms with E-state index in [1.807, 2.05) is 0 Å². The molecule has 0 radical (unpaired) electrons. The van der Waals surface area contributed by atoms with E-state index < -0.39 is 11.7 Å². The second-order valence-corrected chi connectivity index (χ2v) is 10.5. The van der Waals surface area contributed by atoms with Crippen LogP contribution in [0.15, 0.2) is 66.7 Å². The smallest absolute Gasteiger partial charge is 0.416 e. The Hall–Kier alpha value is -3.79. The summed E-state index contributed by atoms with van der Waals surface area (Å²) in [6, 6.07) is 17.0. The van der Waals surface area contributed by atoms with Gasteiger partial charge in [0.15, 0.2) is 11.5 Å². The number of carbonyl (C=O) groups excluding carboxylic acids is 1. The van der Waals surface area contributed by atoms with Gasteiger partial charge in [-0.25, -0.2) is 4.39 Å². The molecule has 3 aliphatic rings. The van der Waals surface area contributed by atoms with Gasteiger partial charge in [-0.3, -0.25) is 9.69 Å². The number of alkyl halides is 3. The molecule has 40 heavy (non-hydrogen) atoms. The number of likely N-dealkylation sites (tertiary alicyclic amines) is 1. The lowest BCUT2D eigenvalue weighted by Crippen LogP contribution is -2.48. The molecule has 1 amide bonds. The molecule has 6 nitrogen and oxygen atoms in total. The molecule has 0 aliphatic carbocycles. The lowest BCUT2D eigenvalue weighted by molar-refractivity contribution is -0.137. The number of halogens is 4. The first-order valence-electron chi connectivity index (χ1n) is 13.3. The fraction of sp³-hybridized carbons (Fsp3) is 0.367. The normalized spacial score (nSPS) is 21.2. The fourth-order valence-corrected chi connectivity index (χ4v) is 5.93. The third-order valence-corrected chi connectivity index (χ3v) is 8.05. The highest BCUT2D eigenvalue weighted by Gasteiger charge is 2.39. The zero-order valence-electron chi connectivity index (χ0n) is 21.7. The SMILES string of the molecule is O=C(c1ccc2c(c1)OCO2)N1CC(CN2CCN(c3ccc(F)cc3)CC2)C(c2cccc(C(F)(F)F)c2)C1. The number of piperazine rings is 1. The van der Waals surface area contributed by atoms with Crippen LogP contribution in [0.2, 0.25) is 0 Å². The molecule has 3 aliphatic heterocycles. The summed E-state index contributed by atoms with van der Waals surface area (Å²) < 4.78 is 64.7. The highest BCUT2D eigenvalue weighted by atomic mass is 19.4. The Morgan fingerprint density at radius 3 is 2.38 bits per heavy atom. The van der Waals surface area contributed by atoms with Gasteiger partial charge in [-0.2, -0.15) is 13.2 Å². The van der Waals surface area contributed by atoms with Crippen molar-refractivity contribution in [2.75, 3.05) is 57.5 Å². The zero-order valence-corrected chi connectivity index (χ0v) is 21.7. The lowest BCUT2D eigenvalue weighted by atomic mass is 9.87. The standard InChI is InChI=1S/C30H29F4N3O3/c31-24-5-7-25(8-6-24)36-12-10-35(11-13-36)16-22-17-37(29(38)21-4-9-27-28(15-21)40-19-39-27)18-26(22)20-2-1-3-23(14-20)30(32,33)34/h1-9,14-15,22,26H,10-13,16-19H2. The number of amides is 1. The van der Waals surface area contributed by atoms with Crippen molar-refractivity contribution in [3.8, 4) is 11.5 Å². The van der Waals surface area contributed by atoms with Crippen molar-refractivity contribution in [3.63, 3.8) is 0 Å². The Balaban J connectivity index is 1.20. The van der Waals surface area contributed by atoms with E-state index in [-0.39, 0.29) is 30.4 Å². The largest absolute Gasteiger partial charge is 0.454 e. The van der Waals surface area contributed by atoms with E-state index in [4.69, 9.17) is 9.47 Å². The molecule has 0 saturated carbocycles. The number of carbonyl (C=O) groups is 1. The maximum atomic E-state index is 13.5. The summed E-state index contributed by atoms with van der Waals surface area (Å²) in [6.07, 6.45) is -4.44. The van der Waals surface area contributed by atoms with Crippen molar-refractivity contribution in [2.24, 2.45) is 5.92 Å². The van der Waals surface area contributed by atoms with Crippen molar-refractivity contribution >= 4 is 11.6 Å². The minimum absolute atomic E-state index is 0.0428. The number of benzene rings is 3. The van der Waals surface area contributed by atoms with E-state index in [0.717, 1.165) is 37.9 Å². The van der Waals surface area contributed by atoms with Crippen LogP contribution in [0.4, 0.5) is 23.2 Å². The number of rotatable bonds is 5. The topological polar surface area (TPSA) is 45.3 Å². The Bertz CT molecular complexity index is 1370. The van der Waals surface area contributed by atoms with E-state index in [9.17, 15) is 22.4 Å². The highest BCUT2D eigenvalue weighted by molar-refractivity contribution is 5.95. The first kappa shape index (κ1) is 26.4. The van der Waals surface area contributed by atoms with Crippen LogP contribution in [-0.4, -0.2) is 68.3 Å². The number of anilines is 1. The third-order valence-electron chi connectivity index (χ3n) is 8.05. The summed E-state index contributed by atoms with van der Waals surface area (Å²) in [4.78, 5) is 19.8. The predicted molar refractivity (Wildman–Crippen MR) is 141 cm³/mol. The second-order valence-electron chi connectivity index (χ2n) is 10.5. The van der Waals surface area contributed by atoms with Crippen LogP contribution < -0.4 is 14.4 Å². The monoisotopic (exact) mass is 555 g/mol. The van der Waals surface area contributed by atoms with Gasteiger partial charge >= 0.3 is 6.18 Å². The molecule has 3 aromatic carbocycles. The second kappa shape index (κ2) is 10.6. The van der Waals surface area contributed by atoms with E-state index in [1.54, 1.807) is 41.3 Å². The van der Waals surface area contributed by atoms with Crippen LogP contribution in [-0.2, 0) is 6.18 Å². The summed E-state index contributed by atoms with van der Waals surface area (Å²) in [5.41, 5.74) is 1.33. The first-order chi connectivity index (χ1) is 19.2. The Morgan fingerprint density at radius 1 is 0.875 bits per heavy atom. The van der Waals surface area contributed by atoms with Crippen LogP contribution in [0, 0.1) is 11.7 Å². The van der Waals surface area contributed by atoms with Gasteiger partial charge in [0.25, 0.3) is 5.91 Å². The van der Waals surface area contributed by atoms with Gasteiger partial charge in [0.1, 0.15) is 5.82 Å². The van der Waals surface area contributed by atoms with E-state index in [1.165, 1.54) is 24.3 Å². The molecular formula is C30H29F4N3O3. The minimum Gasteiger partial charge on any atom is -0.454 e. The van der Waals surface area contributed by atoms with Crippen LogP contribution >= 0.6 is 0 Å². The molecule has 6 rings (SSSR count). The van der Waals surface area contributed by atoms with Gasteiger partial charge in [-0.15, -0.1) is 0 Å². The number of ether oxygens (including phenoxy) is 2. The molecular weight excluding hydrogens is 526 g/mol.